The molecule has 0 unspecified atom stereocenters. The molecule has 19 heavy (non-hydrogen) atoms. The lowest BCUT2D eigenvalue weighted by molar-refractivity contribution is -0.471. The molecule has 1 atom stereocenters. The first kappa shape index (κ1) is 17.7. The molecule has 0 aromatic carbocycles. The molecule has 0 aromatic rings. The molecule has 0 aromatic heterocycles. The topological polar surface area (TPSA) is 33.0 Å². The summed E-state index contributed by atoms with van der Waals surface area (Å²) in [6.45, 7) is 0. The van der Waals surface area contributed by atoms with Crippen molar-refractivity contribution < 1.29 is 53.0 Å². The van der Waals surface area contributed by atoms with E-state index in [2.05, 4.69) is 0 Å². The smallest absolute Gasteiger partial charge is 0.258 e. The van der Waals surface area contributed by atoms with Gasteiger partial charge in [0.05, 0.1) is 0 Å². The van der Waals surface area contributed by atoms with Gasteiger partial charge in [-0.3, -0.25) is 4.74 Å². The average Bonchev–Trinajstić information content (AvgIpc) is 2.12. The van der Waals surface area contributed by atoms with Gasteiger partial charge in [0, 0.05) is 0 Å². The van der Waals surface area contributed by atoms with Crippen LogP contribution in [0, 0.1) is 11.3 Å². The fourth-order valence-electron chi connectivity index (χ4n) is 0.550. The Balaban J connectivity index is 5.57. The highest BCUT2D eigenvalue weighted by Gasteiger charge is 2.78. The van der Waals surface area contributed by atoms with Crippen molar-refractivity contribution in [2.24, 2.45) is 0 Å². The summed E-state index contributed by atoms with van der Waals surface area (Å²) >= 11 is 0. The van der Waals surface area contributed by atoms with Crippen molar-refractivity contribution in [1.82, 2.24) is 0 Å². The van der Waals surface area contributed by atoms with Crippen LogP contribution in [0.4, 0.5) is 48.3 Å². The van der Waals surface area contributed by atoms with Gasteiger partial charge in [0.1, 0.15) is 6.07 Å². The normalized spacial score (nSPS) is 17.8. The lowest BCUT2D eigenvalue weighted by atomic mass is 10.2. The van der Waals surface area contributed by atoms with Gasteiger partial charge in [0.2, 0.25) is 0 Å². The van der Waals surface area contributed by atoms with E-state index in [0.717, 1.165) is 0 Å². The number of hydrogen-bond acceptors (Lipinski definition) is 2. The monoisotopic (exact) mass is 311 g/mol. The van der Waals surface area contributed by atoms with E-state index in [4.69, 9.17) is 5.26 Å². The zero-order valence-corrected chi connectivity index (χ0v) is 8.01. The molecule has 0 amide bonds. The molecule has 0 fully saturated rings. The first-order valence-corrected chi connectivity index (χ1v) is 3.71. The molecule has 13 heteroatoms. The standard InChI is InChI=1S/C6F11NO/c7-2(1-18,4(10,11)12)19-6(16,17)3(8,9)5(13,14)15/t2-/m0/s1. The third kappa shape index (κ3) is 2.99. The van der Waals surface area contributed by atoms with Crippen molar-refractivity contribution in [3.05, 3.63) is 0 Å². The van der Waals surface area contributed by atoms with Crippen molar-refractivity contribution in [2.75, 3.05) is 0 Å². The van der Waals surface area contributed by atoms with Gasteiger partial charge in [-0.2, -0.15) is 53.6 Å². The Labute approximate surface area is 95.9 Å². The maximum atomic E-state index is 12.6. The number of nitrogens with zero attached hydrogens (tertiary/aromatic N) is 1. The van der Waals surface area contributed by atoms with Crippen LogP contribution in [0.5, 0.6) is 0 Å². The first-order chi connectivity index (χ1) is 8.02. The van der Waals surface area contributed by atoms with Crippen molar-refractivity contribution in [3.63, 3.8) is 0 Å². The third-order valence-electron chi connectivity index (χ3n) is 1.50. The zero-order chi connectivity index (χ0) is 15.9. The van der Waals surface area contributed by atoms with E-state index in [0.29, 0.717) is 0 Å². The number of ether oxygens (including phenoxy) is 1. The Morgan fingerprint density at radius 2 is 1.05 bits per heavy atom. The number of nitriles is 1. The lowest BCUT2D eigenvalue weighted by Gasteiger charge is -2.31. The van der Waals surface area contributed by atoms with E-state index in [1.165, 1.54) is 0 Å². The predicted octanol–water partition coefficient (Wildman–Crippen LogP) is 3.55. The number of rotatable bonds is 3. The van der Waals surface area contributed by atoms with Gasteiger partial charge in [0.25, 0.3) is 0 Å². The quantitative estimate of drug-likeness (QED) is 0.747. The molecule has 0 N–H and O–H groups in total. The molecular weight excluding hydrogens is 311 g/mol. The molecule has 0 saturated heterocycles. The minimum Gasteiger partial charge on any atom is -0.258 e. The van der Waals surface area contributed by atoms with Crippen LogP contribution < -0.4 is 0 Å². The first-order valence-electron chi connectivity index (χ1n) is 3.71. The van der Waals surface area contributed by atoms with Gasteiger partial charge in [0.15, 0.2) is 0 Å². The van der Waals surface area contributed by atoms with E-state index in [1.54, 1.807) is 4.74 Å². The van der Waals surface area contributed by atoms with Gasteiger partial charge >= 0.3 is 30.2 Å². The van der Waals surface area contributed by atoms with Crippen LogP contribution in [-0.4, -0.2) is 30.2 Å². The Bertz CT molecular complexity index is 376. The van der Waals surface area contributed by atoms with Gasteiger partial charge in [-0.1, -0.05) is 0 Å². The zero-order valence-electron chi connectivity index (χ0n) is 8.01. The second-order valence-corrected chi connectivity index (χ2v) is 2.90. The SMILES string of the molecule is N#C[C@](F)(OC(F)(F)C(F)(F)C(F)(F)F)C(F)(F)F. The van der Waals surface area contributed by atoms with Gasteiger partial charge in [-0.15, -0.1) is 0 Å². The molecule has 0 saturated carbocycles. The molecule has 0 aliphatic rings. The second kappa shape index (κ2) is 4.36. The second-order valence-electron chi connectivity index (χ2n) is 2.90. The summed E-state index contributed by atoms with van der Waals surface area (Å²) in [6, 6.07) is -0.597. The summed E-state index contributed by atoms with van der Waals surface area (Å²) in [6.07, 6.45) is -20.6. The number of halogens is 11. The fourth-order valence-corrected chi connectivity index (χ4v) is 0.550. The van der Waals surface area contributed by atoms with Gasteiger partial charge in [-0.05, 0) is 0 Å². The van der Waals surface area contributed by atoms with Crippen LogP contribution in [0.1, 0.15) is 0 Å². The molecule has 0 heterocycles. The molecule has 2 nitrogen and oxygen atoms in total. The summed E-state index contributed by atoms with van der Waals surface area (Å²) in [5.74, 6) is -13.2. The average molecular weight is 311 g/mol. The number of alkyl halides is 11. The Morgan fingerprint density at radius 1 is 0.684 bits per heavy atom. The maximum Gasteiger partial charge on any atom is 0.463 e. The lowest BCUT2D eigenvalue weighted by Crippen LogP contribution is -2.58. The minimum atomic E-state index is -7.14. The fraction of sp³-hybridized carbons (Fsp3) is 0.833. The van der Waals surface area contributed by atoms with Crippen LogP contribution in [0.3, 0.4) is 0 Å². The molecule has 0 radical (unpaired) electrons. The molecule has 0 rings (SSSR count). The van der Waals surface area contributed by atoms with E-state index in [1.807, 2.05) is 0 Å². The van der Waals surface area contributed by atoms with Crippen molar-refractivity contribution in [1.29, 1.82) is 5.26 Å². The molecular formula is C6F11NO. The summed E-state index contributed by atoms with van der Waals surface area (Å²) in [7, 11) is 0. The van der Waals surface area contributed by atoms with Crippen molar-refractivity contribution in [2.45, 2.75) is 30.2 Å². The van der Waals surface area contributed by atoms with E-state index >= 15 is 0 Å². The molecule has 0 bridgehead atoms. The third-order valence-corrected chi connectivity index (χ3v) is 1.50. The Morgan fingerprint density at radius 3 is 1.26 bits per heavy atom. The van der Waals surface area contributed by atoms with E-state index < -0.39 is 36.3 Å². The largest absolute Gasteiger partial charge is 0.463 e. The minimum absolute atomic E-state index is 0.597. The highest BCUT2D eigenvalue weighted by Crippen LogP contribution is 2.50. The highest BCUT2D eigenvalue weighted by molar-refractivity contribution is 5.01. The van der Waals surface area contributed by atoms with Crippen molar-refractivity contribution >= 4 is 0 Å². The van der Waals surface area contributed by atoms with Crippen LogP contribution >= 0.6 is 0 Å². The van der Waals surface area contributed by atoms with Crippen LogP contribution in [0.2, 0.25) is 0 Å². The maximum absolute atomic E-state index is 12.6. The van der Waals surface area contributed by atoms with Crippen LogP contribution in [-0.2, 0) is 4.74 Å². The predicted molar refractivity (Wildman–Crippen MR) is 32.5 cm³/mol. The summed E-state index contributed by atoms with van der Waals surface area (Å²) in [5.41, 5.74) is 0. The number of hydrogen-bond donors (Lipinski definition) is 0. The molecule has 0 aliphatic heterocycles. The Kier molecular flexibility index (Phi) is 4.05. The van der Waals surface area contributed by atoms with Gasteiger partial charge < -0.3 is 0 Å². The molecule has 112 valence electrons. The highest BCUT2D eigenvalue weighted by atomic mass is 19.4. The Hall–Kier alpha value is -1.32. The van der Waals surface area contributed by atoms with Crippen LogP contribution in [0.15, 0.2) is 0 Å². The van der Waals surface area contributed by atoms with Crippen LogP contribution in [0.25, 0.3) is 0 Å². The van der Waals surface area contributed by atoms with Gasteiger partial charge in [-0.25, -0.2) is 0 Å². The van der Waals surface area contributed by atoms with E-state index in [-0.39, 0.29) is 0 Å². The summed E-state index contributed by atoms with van der Waals surface area (Å²) in [5, 5.41) is 7.62. The summed E-state index contributed by atoms with van der Waals surface area (Å²) < 4.78 is 133. The van der Waals surface area contributed by atoms with E-state index in [9.17, 15) is 48.3 Å². The summed E-state index contributed by atoms with van der Waals surface area (Å²) in [4.78, 5) is 0. The van der Waals surface area contributed by atoms with Crippen molar-refractivity contribution in [3.8, 4) is 6.07 Å². The molecule has 0 aliphatic carbocycles. The molecule has 0 spiro atoms.